The lowest BCUT2D eigenvalue weighted by Crippen LogP contribution is -2.16. The number of rotatable bonds is 2. The molecule has 0 amide bonds. The lowest BCUT2D eigenvalue weighted by atomic mass is 10.1. The Morgan fingerprint density at radius 3 is 2.79 bits per heavy atom. The van der Waals surface area contributed by atoms with E-state index in [1.165, 1.54) is 11.8 Å². The van der Waals surface area contributed by atoms with Crippen LogP contribution in [0.2, 0.25) is 0 Å². The second kappa shape index (κ2) is 3.98. The van der Waals surface area contributed by atoms with Crippen molar-refractivity contribution in [2.45, 2.75) is 12.1 Å². The first-order chi connectivity index (χ1) is 6.77. The standard InChI is InChI=1S/C9H11N3OS/c10-9-12-7(5-14-9)8(13)6-1-3-11-4-2-6/h1-4,7-8,13H,5H2,(H2,10,12)/t7-,8?/m0/s1. The molecule has 3 N–H and O–H groups in total. The van der Waals surface area contributed by atoms with Crippen molar-refractivity contribution in [1.82, 2.24) is 4.98 Å². The maximum Gasteiger partial charge on any atom is 0.154 e. The number of nitrogens with zero attached hydrogens (tertiary/aromatic N) is 2. The highest BCUT2D eigenvalue weighted by Crippen LogP contribution is 2.26. The molecule has 0 saturated heterocycles. The molecule has 1 aliphatic rings. The number of hydrogen-bond donors (Lipinski definition) is 2. The van der Waals surface area contributed by atoms with Gasteiger partial charge in [-0.2, -0.15) is 0 Å². The van der Waals surface area contributed by atoms with E-state index in [4.69, 9.17) is 5.73 Å². The Morgan fingerprint density at radius 1 is 1.50 bits per heavy atom. The van der Waals surface area contributed by atoms with Crippen LogP contribution in [-0.2, 0) is 0 Å². The van der Waals surface area contributed by atoms with Crippen LogP contribution >= 0.6 is 11.8 Å². The maximum absolute atomic E-state index is 9.93. The van der Waals surface area contributed by atoms with E-state index in [1.807, 2.05) is 0 Å². The number of aliphatic hydroxyl groups excluding tert-OH is 1. The topological polar surface area (TPSA) is 71.5 Å². The van der Waals surface area contributed by atoms with Crippen LogP contribution in [-0.4, -0.2) is 27.1 Å². The summed E-state index contributed by atoms with van der Waals surface area (Å²) < 4.78 is 0. The summed E-state index contributed by atoms with van der Waals surface area (Å²) in [6.07, 6.45) is 2.74. The SMILES string of the molecule is NC1=N[C@H](C(O)c2ccncc2)CS1. The van der Waals surface area contributed by atoms with Crippen molar-refractivity contribution >= 4 is 16.9 Å². The summed E-state index contributed by atoms with van der Waals surface area (Å²) in [5.41, 5.74) is 6.37. The van der Waals surface area contributed by atoms with Crippen LogP contribution in [0.4, 0.5) is 0 Å². The zero-order chi connectivity index (χ0) is 9.97. The number of thioether (sulfide) groups is 1. The first-order valence-electron chi connectivity index (χ1n) is 4.31. The molecule has 2 rings (SSSR count). The van der Waals surface area contributed by atoms with Gasteiger partial charge < -0.3 is 10.8 Å². The predicted molar refractivity (Wildman–Crippen MR) is 57.1 cm³/mol. The molecule has 0 fully saturated rings. The second-order valence-corrected chi connectivity index (χ2v) is 4.11. The molecular formula is C9H11N3OS. The number of nitrogens with two attached hydrogens (primary N) is 1. The monoisotopic (exact) mass is 209 g/mol. The molecule has 0 spiro atoms. The van der Waals surface area contributed by atoms with Gasteiger partial charge in [-0.15, -0.1) is 0 Å². The number of aliphatic hydroxyl groups is 1. The number of aromatic nitrogens is 1. The highest BCUT2D eigenvalue weighted by molar-refractivity contribution is 8.14. The van der Waals surface area contributed by atoms with Crippen LogP contribution in [0.25, 0.3) is 0 Å². The molecule has 2 heterocycles. The van der Waals surface area contributed by atoms with Crippen molar-refractivity contribution in [2.75, 3.05) is 5.75 Å². The molecule has 1 aromatic rings. The van der Waals surface area contributed by atoms with E-state index in [0.717, 1.165) is 11.3 Å². The van der Waals surface area contributed by atoms with Gasteiger partial charge >= 0.3 is 0 Å². The first-order valence-corrected chi connectivity index (χ1v) is 5.30. The lowest BCUT2D eigenvalue weighted by Gasteiger charge is -2.14. The third-order valence-electron chi connectivity index (χ3n) is 2.11. The minimum atomic E-state index is -0.577. The van der Waals surface area contributed by atoms with Gasteiger partial charge in [0, 0.05) is 18.1 Å². The molecule has 0 saturated carbocycles. The zero-order valence-corrected chi connectivity index (χ0v) is 8.31. The maximum atomic E-state index is 9.93. The van der Waals surface area contributed by atoms with Gasteiger partial charge in [0.2, 0.25) is 0 Å². The van der Waals surface area contributed by atoms with Gasteiger partial charge in [-0.05, 0) is 17.7 Å². The van der Waals surface area contributed by atoms with Gasteiger partial charge in [0.1, 0.15) is 6.10 Å². The number of amidine groups is 1. The summed E-state index contributed by atoms with van der Waals surface area (Å²) in [7, 11) is 0. The Kier molecular flexibility index (Phi) is 2.69. The molecule has 1 aliphatic heterocycles. The third kappa shape index (κ3) is 1.88. The summed E-state index contributed by atoms with van der Waals surface area (Å²) in [5, 5.41) is 10.5. The van der Waals surface area contributed by atoms with Gasteiger partial charge in [-0.1, -0.05) is 11.8 Å². The summed E-state index contributed by atoms with van der Waals surface area (Å²) in [6.45, 7) is 0. The van der Waals surface area contributed by atoms with Gasteiger partial charge in [0.15, 0.2) is 5.17 Å². The predicted octanol–water partition coefficient (Wildman–Crippen LogP) is 0.545. The van der Waals surface area contributed by atoms with Gasteiger partial charge in [-0.25, -0.2) is 0 Å². The summed E-state index contributed by atoms with van der Waals surface area (Å²) in [4.78, 5) is 8.04. The number of pyridine rings is 1. The summed E-state index contributed by atoms with van der Waals surface area (Å²) in [5.74, 6) is 0.745. The van der Waals surface area contributed by atoms with Crippen LogP contribution < -0.4 is 5.73 Å². The molecule has 0 aliphatic carbocycles. The van der Waals surface area contributed by atoms with Crippen molar-refractivity contribution < 1.29 is 5.11 Å². The van der Waals surface area contributed by atoms with Gasteiger partial charge in [0.05, 0.1) is 6.04 Å². The fourth-order valence-corrected chi connectivity index (χ4v) is 2.16. The normalized spacial score (nSPS) is 23.2. The van der Waals surface area contributed by atoms with Crippen molar-refractivity contribution in [3.63, 3.8) is 0 Å². The minimum Gasteiger partial charge on any atom is -0.386 e. The molecular weight excluding hydrogens is 198 g/mol. The molecule has 5 heteroatoms. The zero-order valence-electron chi connectivity index (χ0n) is 7.50. The smallest absolute Gasteiger partial charge is 0.154 e. The van der Waals surface area contributed by atoms with E-state index < -0.39 is 6.10 Å². The van der Waals surface area contributed by atoms with Crippen LogP contribution in [0.3, 0.4) is 0 Å². The number of aliphatic imine (C=N–C) groups is 1. The average Bonchev–Trinajstić information content (AvgIpc) is 2.65. The Bertz CT molecular complexity index is 341. The minimum absolute atomic E-state index is 0.123. The fraction of sp³-hybridized carbons (Fsp3) is 0.333. The van der Waals surface area contributed by atoms with E-state index in [-0.39, 0.29) is 6.04 Å². The van der Waals surface area contributed by atoms with E-state index in [1.54, 1.807) is 24.5 Å². The second-order valence-electron chi connectivity index (χ2n) is 3.07. The van der Waals surface area contributed by atoms with Gasteiger partial charge in [0.25, 0.3) is 0 Å². The largest absolute Gasteiger partial charge is 0.386 e. The molecule has 0 aromatic carbocycles. The van der Waals surface area contributed by atoms with Crippen LogP contribution in [0.1, 0.15) is 11.7 Å². The summed E-state index contributed by atoms with van der Waals surface area (Å²) >= 11 is 1.48. The van der Waals surface area contributed by atoms with E-state index in [9.17, 15) is 5.11 Å². The average molecular weight is 209 g/mol. The molecule has 1 aromatic heterocycles. The Hall–Kier alpha value is -1.07. The highest BCUT2D eigenvalue weighted by atomic mass is 32.2. The highest BCUT2D eigenvalue weighted by Gasteiger charge is 2.25. The van der Waals surface area contributed by atoms with Crippen molar-refractivity contribution in [2.24, 2.45) is 10.7 Å². The lowest BCUT2D eigenvalue weighted by molar-refractivity contribution is 0.157. The Balaban J connectivity index is 2.13. The van der Waals surface area contributed by atoms with Crippen molar-refractivity contribution in [3.05, 3.63) is 30.1 Å². The quantitative estimate of drug-likeness (QED) is 0.746. The van der Waals surface area contributed by atoms with Crippen molar-refractivity contribution in [3.8, 4) is 0 Å². The van der Waals surface area contributed by atoms with E-state index >= 15 is 0 Å². The molecule has 14 heavy (non-hydrogen) atoms. The summed E-state index contributed by atoms with van der Waals surface area (Å²) in [6, 6.07) is 3.46. The van der Waals surface area contributed by atoms with Crippen LogP contribution in [0.5, 0.6) is 0 Å². The van der Waals surface area contributed by atoms with Crippen LogP contribution in [0.15, 0.2) is 29.5 Å². The van der Waals surface area contributed by atoms with Crippen molar-refractivity contribution in [1.29, 1.82) is 0 Å². The van der Waals surface area contributed by atoms with Gasteiger partial charge in [-0.3, -0.25) is 9.98 Å². The van der Waals surface area contributed by atoms with Crippen LogP contribution in [0, 0.1) is 0 Å². The third-order valence-corrected chi connectivity index (χ3v) is 3.02. The molecule has 4 nitrogen and oxygen atoms in total. The number of hydrogen-bond acceptors (Lipinski definition) is 5. The molecule has 2 atom stereocenters. The fourth-order valence-electron chi connectivity index (χ4n) is 1.35. The molecule has 74 valence electrons. The van der Waals surface area contributed by atoms with E-state index in [2.05, 4.69) is 9.98 Å². The molecule has 0 bridgehead atoms. The van der Waals surface area contributed by atoms with E-state index in [0.29, 0.717) is 5.17 Å². The Labute approximate surface area is 86.3 Å². The molecule has 0 radical (unpaired) electrons. The Morgan fingerprint density at radius 2 is 2.21 bits per heavy atom. The first kappa shape index (κ1) is 9.48. The molecule has 1 unspecified atom stereocenters.